The standard InChI is InChI=1S/C10H12N4OS/c1-6-4-7(2)9(15-3)8(5-6)11-10-12-13-14-16-10/h4-5H,1-3H3,(H,11,12,14). The molecule has 0 aliphatic carbocycles. The molecule has 16 heavy (non-hydrogen) atoms. The molecule has 0 fully saturated rings. The molecule has 1 heterocycles. The summed E-state index contributed by atoms with van der Waals surface area (Å²) in [6, 6.07) is 4.08. The monoisotopic (exact) mass is 236 g/mol. The van der Waals surface area contributed by atoms with Gasteiger partial charge in [0.1, 0.15) is 5.75 Å². The Labute approximate surface area is 97.6 Å². The maximum Gasteiger partial charge on any atom is 0.229 e. The predicted octanol–water partition coefficient (Wildman–Crippen LogP) is 2.30. The van der Waals surface area contributed by atoms with Gasteiger partial charge in [-0.1, -0.05) is 15.7 Å². The fourth-order valence-corrected chi connectivity index (χ4v) is 1.99. The Morgan fingerprint density at radius 2 is 2.12 bits per heavy atom. The van der Waals surface area contributed by atoms with Gasteiger partial charge in [0.05, 0.1) is 12.8 Å². The van der Waals surface area contributed by atoms with Crippen LogP contribution in [0.3, 0.4) is 0 Å². The lowest BCUT2D eigenvalue weighted by molar-refractivity contribution is 0.413. The number of ether oxygens (including phenoxy) is 1. The van der Waals surface area contributed by atoms with E-state index in [-0.39, 0.29) is 0 Å². The minimum absolute atomic E-state index is 0.656. The topological polar surface area (TPSA) is 59.9 Å². The molecule has 0 radical (unpaired) electrons. The van der Waals surface area contributed by atoms with E-state index >= 15 is 0 Å². The van der Waals surface area contributed by atoms with Crippen LogP contribution in [0.2, 0.25) is 0 Å². The lowest BCUT2D eigenvalue weighted by Gasteiger charge is -2.12. The molecule has 0 bridgehead atoms. The quantitative estimate of drug-likeness (QED) is 0.886. The fraction of sp³-hybridized carbons (Fsp3) is 0.300. The first kappa shape index (κ1) is 10.8. The van der Waals surface area contributed by atoms with Gasteiger partial charge in [-0.05, 0) is 36.3 Å². The Morgan fingerprint density at radius 3 is 2.75 bits per heavy atom. The van der Waals surface area contributed by atoms with Gasteiger partial charge in [0.2, 0.25) is 5.13 Å². The molecular formula is C10H12N4OS. The first-order valence-electron chi connectivity index (χ1n) is 4.78. The molecular weight excluding hydrogens is 224 g/mol. The summed E-state index contributed by atoms with van der Waals surface area (Å²) < 4.78 is 9.05. The highest BCUT2D eigenvalue weighted by atomic mass is 32.1. The molecule has 0 spiro atoms. The van der Waals surface area contributed by atoms with E-state index in [1.165, 1.54) is 17.1 Å². The van der Waals surface area contributed by atoms with Crippen LogP contribution in [0.4, 0.5) is 10.8 Å². The van der Waals surface area contributed by atoms with E-state index in [1.807, 2.05) is 19.9 Å². The molecule has 0 aliphatic heterocycles. The van der Waals surface area contributed by atoms with Crippen LogP contribution >= 0.6 is 11.5 Å². The summed E-state index contributed by atoms with van der Waals surface area (Å²) in [5, 5.41) is 11.2. The number of aromatic nitrogens is 3. The normalized spacial score (nSPS) is 10.2. The fourth-order valence-electron chi connectivity index (χ4n) is 1.62. The molecule has 1 aromatic carbocycles. The summed E-state index contributed by atoms with van der Waals surface area (Å²) in [6.45, 7) is 4.05. The van der Waals surface area contributed by atoms with Gasteiger partial charge in [-0.2, -0.15) is 0 Å². The summed E-state index contributed by atoms with van der Waals surface area (Å²) in [4.78, 5) is 0. The number of nitrogens with one attached hydrogen (secondary N) is 1. The van der Waals surface area contributed by atoms with Crippen molar-refractivity contribution >= 4 is 22.4 Å². The molecule has 2 aromatic rings. The van der Waals surface area contributed by atoms with Gasteiger partial charge in [-0.25, -0.2) is 0 Å². The smallest absolute Gasteiger partial charge is 0.229 e. The van der Waals surface area contributed by atoms with Crippen LogP contribution in [0, 0.1) is 13.8 Å². The van der Waals surface area contributed by atoms with E-state index in [4.69, 9.17) is 4.74 Å². The SMILES string of the molecule is COc1c(C)cc(C)cc1Nc1nnns1. The average molecular weight is 236 g/mol. The van der Waals surface area contributed by atoms with Gasteiger partial charge in [0.15, 0.2) is 0 Å². The van der Waals surface area contributed by atoms with Gasteiger partial charge in [0.25, 0.3) is 0 Å². The van der Waals surface area contributed by atoms with E-state index in [1.54, 1.807) is 7.11 Å². The van der Waals surface area contributed by atoms with Crippen molar-refractivity contribution < 1.29 is 4.74 Å². The molecule has 5 nitrogen and oxygen atoms in total. The lowest BCUT2D eigenvalue weighted by atomic mass is 10.1. The molecule has 84 valence electrons. The lowest BCUT2D eigenvalue weighted by Crippen LogP contribution is -1.97. The van der Waals surface area contributed by atoms with Crippen molar-refractivity contribution in [2.45, 2.75) is 13.8 Å². The second-order valence-electron chi connectivity index (χ2n) is 3.46. The highest BCUT2D eigenvalue weighted by Crippen LogP contribution is 2.32. The summed E-state index contributed by atoms with van der Waals surface area (Å²) in [7, 11) is 1.65. The van der Waals surface area contributed by atoms with Gasteiger partial charge in [-0.3, -0.25) is 0 Å². The van der Waals surface area contributed by atoms with Crippen LogP contribution in [-0.2, 0) is 0 Å². The molecule has 0 saturated heterocycles. The first-order chi connectivity index (χ1) is 7.70. The zero-order valence-corrected chi connectivity index (χ0v) is 10.1. The Morgan fingerprint density at radius 1 is 1.31 bits per heavy atom. The molecule has 0 saturated carbocycles. The molecule has 2 rings (SSSR count). The third-order valence-electron chi connectivity index (χ3n) is 2.16. The van der Waals surface area contributed by atoms with Crippen LogP contribution in [0.25, 0.3) is 0 Å². The molecule has 0 atom stereocenters. The maximum absolute atomic E-state index is 5.35. The van der Waals surface area contributed by atoms with E-state index < -0.39 is 0 Å². The number of rotatable bonds is 3. The van der Waals surface area contributed by atoms with Crippen molar-refractivity contribution in [3.8, 4) is 5.75 Å². The van der Waals surface area contributed by atoms with Crippen molar-refractivity contribution in [1.82, 2.24) is 14.8 Å². The Kier molecular flexibility index (Phi) is 3.00. The first-order valence-corrected chi connectivity index (χ1v) is 5.55. The highest BCUT2D eigenvalue weighted by Gasteiger charge is 2.09. The molecule has 6 heteroatoms. The van der Waals surface area contributed by atoms with Crippen molar-refractivity contribution in [2.24, 2.45) is 0 Å². The number of hydrogen-bond donors (Lipinski definition) is 1. The summed E-state index contributed by atoms with van der Waals surface area (Å²) in [5.41, 5.74) is 3.14. The van der Waals surface area contributed by atoms with Crippen LogP contribution in [-0.4, -0.2) is 21.9 Å². The van der Waals surface area contributed by atoms with Crippen molar-refractivity contribution in [3.05, 3.63) is 23.3 Å². The molecule has 1 N–H and O–H groups in total. The van der Waals surface area contributed by atoms with E-state index in [2.05, 4.69) is 26.2 Å². The molecule has 0 aliphatic rings. The maximum atomic E-state index is 5.35. The van der Waals surface area contributed by atoms with Crippen molar-refractivity contribution in [1.29, 1.82) is 0 Å². The number of anilines is 2. The van der Waals surface area contributed by atoms with E-state index in [9.17, 15) is 0 Å². The second kappa shape index (κ2) is 4.44. The zero-order valence-electron chi connectivity index (χ0n) is 9.31. The Balaban J connectivity index is 2.39. The Bertz CT molecular complexity index is 484. The summed E-state index contributed by atoms with van der Waals surface area (Å²) in [5.74, 6) is 0.820. The Hall–Kier alpha value is -1.69. The van der Waals surface area contributed by atoms with Crippen LogP contribution in [0.5, 0.6) is 5.75 Å². The van der Waals surface area contributed by atoms with Gasteiger partial charge >= 0.3 is 0 Å². The van der Waals surface area contributed by atoms with Crippen molar-refractivity contribution in [2.75, 3.05) is 12.4 Å². The minimum Gasteiger partial charge on any atom is -0.494 e. The summed E-state index contributed by atoms with van der Waals surface area (Å²) in [6.07, 6.45) is 0. The van der Waals surface area contributed by atoms with Gasteiger partial charge in [-0.15, -0.1) is 0 Å². The van der Waals surface area contributed by atoms with Gasteiger partial charge < -0.3 is 10.1 Å². The van der Waals surface area contributed by atoms with Crippen LogP contribution < -0.4 is 10.1 Å². The number of nitrogens with zero attached hydrogens (tertiary/aromatic N) is 3. The molecule has 0 unspecified atom stereocenters. The minimum atomic E-state index is 0.656. The number of aryl methyl sites for hydroxylation is 2. The number of benzene rings is 1. The third-order valence-corrected chi connectivity index (χ3v) is 2.68. The predicted molar refractivity (Wildman–Crippen MR) is 63.5 cm³/mol. The molecule has 1 aromatic heterocycles. The zero-order chi connectivity index (χ0) is 11.5. The van der Waals surface area contributed by atoms with Gasteiger partial charge in [0, 0.05) is 11.5 Å². The van der Waals surface area contributed by atoms with Crippen LogP contribution in [0.15, 0.2) is 12.1 Å². The number of hydrogen-bond acceptors (Lipinski definition) is 6. The van der Waals surface area contributed by atoms with E-state index in [0.717, 1.165) is 17.0 Å². The third kappa shape index (κ3) is 2.11. The summed E-state index contributed by atoms with van der Waals surface area (Å²) >= 11 is 1.21. The average Bonchev–Trinajstić information content (AvgIpc) is 2.70. The van der Waals surface area contributed by atoms with E-state index in [0.29, 0.717) is 5.13 Å². The number of methoxy groups -OCH3 is 1. The largest absolute Gasteiger partial charge is 0.494 e. The second-order valence-corrected chi connectivity index (χ2v) is 4.19. The molecule has 0 amide bonds. The van der Waals surface area contributed by atoms with Crippen LogP contribution in [0.1, 0.15) is 11.1 Å². The van der Waals surface area contributed by atoms with Crippen molar-refractivity contribution in [3.63, 3.8) is 0 Å². The highest BCUT2D eigenvalue weighted by molar-refractivity contribution is 7.09.